The number of aliphatic hydroxyl groups is 1. The van der Waals surface area contributed by atoms with Crippen LogP contribution in [0, 0.1) is 11.8 Å². The van der Waals surface area contributed by atoms with Gasteiger partial charge >= 0.3 is 6.03 Å². The molecule has 0 saturated carbocycles. The summed E-state index contributed by atoms with van der Waals surface area (Å²) in [5, 5.41) is 11.4. The van der Waals surface area contributed by atoms with E-state index in [2.05, 4.69) is 18.8 Å². The van der Waals surface area contributed by atoms with Crippen LogP contribution in [0.4, 0.5) is 4.79 Å². The Hall–Kier alpha value is -2.29. The standard InChI is InChI=1S/C20H24N2O3/c1-3-4-12-20(13-8-5-9-14-23)18-15-16-10-6-7-11-17(16)21(18)19(24)22(20)25-2/h6-7,10-11,15,23H,3-5,9,12,14H2,1-2H3. The summed E-state index contributed by atoms with van der Waals surface area (Å²) < 4.78 is 1.72. The highest BCUT2D eigenvalue weighted by molar-refractivity contribution is 5.96. The molecular formula is C20H24N2O3. The van der Waals surface area contributed by atoms with Crippen molar-refractivity contribution in [2.45, 2.75) is 44.6 Å². The minimum atomic E-state index is -0.781. The number of unbranched alkanes of at least 4 members (excludes halogenated alkanes) is 2. The summed E-state index contributed by atoms with van der Waals surface area (Å²) in [6, 6.07) is 9.69. The fraction of sp³-hybridized carbons (Fsp3) is 0.450. The minimum absolute atomic E-state index is 0.115. The second-order valence-corrected chi connectivity index (χ2v) is 6.28. The van der Waals surface area contributed by atoms with E-state index in [9.17, 15) is 4.79 Å². The van der Waals surface area contributed by atoms with Gasteiger partial charge in [0.2, 0.25) is 0 Å². The second kappa shape index (κ2) is 7.30. The van der Waals surface area contributed by atoms with Crippen molar-refractivity contribution in [3.8, 4) is 11.8 Å². The molecule has 0 saturated heterocycles. The number of hydroxylamine groups is 2. The number of benzene rings is 1. The van der Waals surface area contributed by atoms with Gasteiger partial charge in [-0.1, -0.05) is 37.5 Å². The lowest BCUT2D eigenvalue weighted by Crippen LogP contribution is -2.42. The molecule has 0 spiro atoms. The minimum Gasteiger partial charge on any atom is -0.396 e. The van der Waals surface area contributed by atoms with Crippen LogP contribution in [0.25, 0.3) is 10.9 Å². The molecule has 25 heavy (non-hydrogen) atoms. The predicted octanol–water partition coefficient (Wildman–Crippen LogP) is 3.65. The van der Waals surface area contributed by atoms with Crippen molar-refractivity contribution >= 4 is 16.9 Å². The highest BCUT2D eigenvalue weighted by atomic mass is 16.7. The maximum absolute atomic E-state index is 13.0. The van der Waals surface area contributed by atoms with E-state index in [0.29, 0.717) is 19.3 Å². The molecule has 0 radical (unpaired) electrons. The van der Waals surface area contributed by atoms with Gasteiger partial charge in [-0.15, -0.1) is 5.92 Å². The monoisotopic (exact) mass is 340 g/mol. The Morgan fingerprint density at radius 2 is 2.08 bits per heavy atom. The number of carbonyl (C=O) groups is 1. The molecule has 3 rings (SSSR count). The quantitative estimate of drug-likeness (QED) is 0.645. The van der Waals surface area contributed by atoms with Gasteiger partial charge in [0.05, 0.1) is 18.3 Å². The topological polar surface area (TPSA) is 54.7 Å². The number of aliphatic hydroxyl groups excluding tert-OH is 1. The maximum Gasteiger partial charge on any atom is 0.354 e. The molecule has 2 heterocycles. The molecule has 1 aromatic heterocycles. The van der Waals surface area contributed by atoms with Gasteiger partial charge in [0.25, 0.3) is 0 Å². The van der Waals surface area contributed by atoms with Gasteiger partial charge in [-0.3, -0.25) is 9.40 Å². The molecule has 1 aliphatic rings. The van der Waals surface area contributed by atoms with Crippen molar-refractivity contribution in [3.63, 3.8) is 0 Å². The Bertz CT molecular complexity index is 830. The molecule has 1 aromatic carbocycles. The van der Waals surface area contributed by atoms with E-state index in [-0.39, 0.29) is 12.6 Å². The summed E-state index contributed by atoms with van der Waals surface area (Å²) in [5.41, 5.74) is 0.960. The molecule has 2 aromatic rings. The summed E-state index contributed by atoms with van der Waals surface area (Å²) in [4.78, 5) is 18.5. The highest BCUT2D eigenvalue weighted by Gasteiger charge is 2.50. The van der Waals surface area contributed by atoms with Crippen LogP contribution in [0.3, 0.4) is 0 Å². The van der Waals surface area contributed by atoms with E-state index in [0.717, 1.165) is 29.4 Å². The molecule has 1 N–H and O–H groups in total. The average molecular weight is 340 g/mol. The van der Waals surface area contributed by atoms with E-state index >= 15 is 0 Å². The van der Waals surface area contributed by atoms with E-state index in [4.69, 9.17) is 9.94 Å². The Morgan fingerprint density at radius 1 is 1.28 bits per heavy atom. The average Bonchev–Trinajstić information content (AvgIpc) is 3.12. The SMILES string of the molecule is CCCCC1(C#CCCCO)c2cc3ccccc3n2C(=O)N1OC. The van der Waals surface area contributed by atoms with Crippen molar-refractivity contribution in [3.05, 3.63) is 36.0 Å². The normalized spacial score (nSPS) is 19.2. The van der Waals surface area contributed by atoms with Crippen molar-refractivity contribution in [1.29, 1.82) is 0 Å². The second-order valence-electron chi connectivity index (χ2n) is 6.28. The van der Waals surface area contributed by atoms with Crippen LogP contribution in [0.15, 0.2) is 30.3 Å². The van der Waals surface area contributed by atoms with Crippen LogP contribution < -0.4 is 0 Å². The van der Waals surface area contributed by atoms with Gasteiger partial charge < -0.3 is 5.11 Å². The van der Waals surface area contributed by atoms with Crippen molar-refractivity contribution in [1.82, 2.24) is 9.63 Å². The van der Waals surface area contributed by atoms with Crippen LogP contribution >= 0.6 is 0 Å². The largest absolute Gasteiger partial charge is 0.396 e. The van der Waals surface area contributed by atoms with Crippen LogP contribution in [-0.4, -0.2) is 34.5 Å². The lowest BCUT2D eigenvalue weighted by Gasteiger charge is -2.31. The maximum atomic E-state index is 13.0. The first kappa shape index (κ1) is 17.5. The Balaban J connectivity index is 2.17. The Kier molecular flexibility index (Phi) is 5.12. The smallest absolute Gasteiger partial charge is 0.354 e. The third-order valence-corrected chi connectivity index (χ3v) is 4.68. The fourth-order valence-electron chi connectivity index (χ4n) is 3.47. The fourth-order valence-corrected chi connectivity index (χ4v) is 3.47. The molecule has 1 unspecified atom stereocenters. The molecule has 1 atom stereocenters. The molecule has 132 valence electrons. The van der Waals surface area contributed by atoms with Crippen molar-refractivity contribution in [2.75, 3.05) is 13.7 Å². The zero-order valence-corrected chi connectivity index (χ0v) is 14.8. The van der Waals surface area contributed by atoms with Crippen LogP contribution in [0.1, 0.15) is 44.7 Å². The van der Waals surface area contributed by atoms with E-state index in [1.54, 1.807) is 4.57 Å². The van der Waals surface area contributed by atoms with E-state index < -0.39 is 5.54 Å². The zero-order chi connectivity index (χ0) is 17.9. The summed E-state index contributed by atoms with van der Waals surface area (Å²) in [7, 11) is 1.52. The highest BCUT2D eigenvalue weighted by Crippen LogP contribution is 2.42. The lowest BCUT2D eigenvalue weighted by atomic mass is 9.89. The summed E-state index contributed by atoms with van der Waals surface area (Å²) in [6.45, 7) is 2.24. The van der Waals surface area contributed by atoms with Gasteiger partial charge in [0.1, 0.15) is 0 Å². The summed E-state index contributed by atoms with van der Waals surface area (Å²) in [5.74, 6) is 6.46. The van der Waals surface area contributed by atoms with Crippen molar-refractivity contribution < 1.29 is 14.7 Å². The lowest BCUT2D eigenvalue weighted by molar-refractivity contribution is -0.134. The van der Waals surface area contributed by atoms with Gasteiger partial charge in [0.15, 0.2) is 5.54 Å². The van der Waals surface area contributed by atoms with Gasteiger partial charge in [0, 0.05) is 18.4 Å². The zero-order valence-electron chi connectivity index (χ0n) is 14.8. The van der Waals surface area contributed by atoms with E-state index in [1.165, 1.54) is 12.2 Å². The number of carbonyl (C=O) groups excluding carboxylic acids is 1. The number of para-hydroxylation sites is 1. The number of aromatic nitrogens is 1. The molecule has 1 aliphatic heterocycles. The first-order valence-electron chi connectivity index (χ1n) is 8.80. The number of hydrogen-bond donors (Lipinski definition) is 1. The Labute approximate surface area is 148 Å². The van der Waals surface area contributed by atoms with Gasteiger partial charge in [-0.2, -0.15) is 5.06 Å². The third kappa shape index (κ3) is 2.82. The van der Waals surface area contributed by atoms with Gasteiger partial charge in [-0.05, 0) is 31.4 Å². The molecule has 5 heteroatoms. The van der Waals surface area contributed by atoms with Gasteiger partial charge in [-0.25, -0.2) is 4.79 Å². The third-order valence-electron chi connectivity index (χ3n) is 4.68. The molecule has 0 fully saturated rings. The van der Waals surface area contributed by atoms with Crippen LogP contribution in [0.5, 0.6) is 0 Å². The van der Waals surface area contributed by atoms with E-state index in [1.807, 2.05) is 30.3 Å². The predicted molar refractivity (Wildman–Crippen MR) is 96.9 cm³/mol. The number of fused-ring (bicyclic) bond motifs is 3. The van der Waals surface area contributed by atoms with Crippen molar-refractivity contribution in [2.24, 2.45) is 0 Å². The number of hydrogen-bond acceptors (Lipinski definition) is 3. The number of nitrogens with zero attached hydrogens (tertiary/aromatic N) is 2. The molecule has 5 nitrogen and oxygen atoms in total. The molecule has 0 aliphatic carbocycles. The molecular weight excluding hydrogens is 316 g/mol. The Morgan fingerprint density at radius 3 is 2.80 bits per heavy atom. The first-order valence-corrected chi connectivity index (χ1v) is 8.80. The number of amides is 1. The molecule has 1 amide bonds. The summed E-state index contributed by atoms with van der Waals surface area (Å²) >= 11 is 0. The van der Waals surface area contributed by atoms with Crippen LogP contribution in [0.2, 0.25) is 0 Å². The molecule has 0 bridgehead atoms. The number of rotatable bonds is 6. The summed E-state index contributed by atoms with van der Waals surface area (Å²) in [6.07, 6.45) is 3.87. The van der Waals surface area contributed by atoms with Crippen LogP contribution in [-0.2, 0) is 10.4 Å². The first-order chi connectivity index (χ1) is 12.2.